The number of thiol groups is 2. The van der Waals surface area contributed by atoms with Crippen LogP contribution in [0.2, 0.25) is 0 Å². The molecule has 0 saturated heterocycles. The van der Waals surface area contributed by atoms with Gasteiger partial charge in [-0.25, -0.2) is 0 Å². The van der Waals surface area contributed by atoms with Gasteiger partial charge in [0.2, 0.25) is 0 Å². The Hall–Kier alpha value is 0.970. The number of aliphatic hydroxyl groups excluding tert-OH is 2. The highest BCUT2D eigenvalue weighted by Crippen LogP contribution is 1.62. The molecule has 0 aromatic carbocycles. The first-order valence-electron chi connectivity index (χ1n) is 2.26. The van der Waals surface area contributed by atoms with E-state index < -0.39 is 0 Å². The van der Waals surface area contributed by atoms with Crippen LogP contribution >= 0.6 is 38.8 Å². The lowest BCUT2D eigenvalue weighted by molar-refractivity contribution is 0.322. The fourth-order valence-corrected chi connectivity index (χ4v) is 0. The van der Waals surface area contributed by atoms with Gasteiger partial charge in [0.25, 0.3) is 0 Å². The molecule has 0 aromatic rings. The summed E-state index contributed by atoms with van der Waals surface area (Å²) < 4.78 is 0. The maximum Gasteiger partial charge on any atom is 0.0519 e. The van der Waals surface area contributed by atoms with Crippen LogP contribution in [0.4, 0.5) is 0 Å². The third kappa shape index (κ3) is 49.4. The standard InChI is InChI=1S/2C2H6OS.H2S/c2*3-1-2-4;/h2*3-4H,1-2H2;1H2. The molecule has 0 aliphatic carbocycles. The van der Waals surface area contributed by atoms with Crippen molar-refractivity contribution in [3.05, 3.63) is 0 Å². The van der Waals surface area contributed by atoms with Crippen molar-refractivity contribution in [2.75, 3.05) is 24.7 Å². The zero-order chi connectivity index (χ0) is 6.83. The van der Waals surface area contributed by atoms with Gasteiger partial charge in [-0.15, -0.1) is 0 Å². The van der Waals surface area contributed by atoms with Gasteiger partial charge in [-0.3, -0.25) is 0 Å². The topological polar surface area (TPSA) is 40.5 Å². The fourth-order valence-electron chi connectivity index (χ4n) is 0. The third-order valence-electron chi connectivity index (χ3n) is 0.200. The Bertz CT molecular complexity index is 21.8. The van der Waals surface area contributed by atoms with Crippen molar-refractivity contribution in [1.82, 2.24) is 0 Å². The summed E-state index contributed by atoms with van der Waals surface area (Å²) in [5.41, 5.74) is 0. The molecule has 0 spiro atoms. The summed E-state index contributed by atoms with van der Waals surface area (Å²) in [4.78, 5) is 0. The quantitative estimate of drug-likeness (QED) is 0.460. The summed E-state index contributed by atoms with van der Waals surface area (Å²) in [6.07, 6.45) is 0. The fraction of sp³-hybridized carbons (Fsp3) is 1.00. The van der Waals surface area contributed by atoms with E-state index in [0.29, 0.717) is 11.5 Å². The molecule has 0 radical (unpaired) electrons. The summed E-state index contributed by atoms with van der Waals surface area (Å²) in [7, 11) is 0. The highest BCUT2D eigenvalue weighted by molar-refractivity contribution is 7.80. The zero-order valence-corrected chi connectivity index (χ0v) is 7.91. The zero-order valence-electron chi connectivity index (χ0n) is 5.12. The number of rotatable bonds is 2. The van der Waals surface area contributed by atoms with Gasteiger partial charge >= 0.3 is 0 Å². The predicted molar refractivity (Wildman–Crippen MR) is 52.3 cm³/mol. The molecule has 0 aromatic heterocycles. The monoisotopic (exact) mass is 190 g/mol. The van der Waals surface area contributed by atoms with Crippen molar-refractivity contribution in [3.63, 3.8) is 0 Å². The van der Waals surface area contributed by atoms with Gasteiger partial charge in [-0.2, -0.15) is 38.8 Å². The van der Waals surface area contributed by atoms with E-state index in [0.717, 1.165) is 0 Å². The summed E-state index contributed by atoms with van der Waals surface area (Å²) >= 11 is 7.34. The maximum absolute atomic E-state index is 7.80. The molecule has 0 unspecified atom stereocenters. The normalized spacial score (nSPS) is 6.67. The van der Waals surface area contributed by atoms with Crippen LogP contribution in [0.1, 0.15) is 0 Å². The molecule has 0 bridgehead atoms. The van der Waals surface area contributed by atoms with Crippen LogP contribution in [0.25, 0.3) is 0 Å². The van der Waals surface area contributed by atoms with E-state index in [9.17, 15) is 0 Å². The van der Waals surface area contributed by atoms with E-state index in [2.05, 4.69) is 25.3 Å². The van der Waals surface area contributed by atoms with E-state index in [1.165, 1.54) is 0 Å². The van der Waals surface area contributed by atoms with Crippen LogP contribution in [0.15, 0.2) is 0 Å². The largest absolute Gasteiger partial charge is 0.396 e. The molecule has 0 aliphatic heterocycles. The summed E-state index contributed by atoms with van der Waals surface area (Å²) in [5, 5.41) is 15.6. The second kappa shape index (κ2) is 23.1. The second-order valence-corrected chi connectivity index (χ2v) is 1.79. The molecule has 5 heteroatoms. The number of hydrogen-bond acceptors (Lipinski definition) is 4. The Morgan fingerprint density at radius 2 is 1.00 bits per heavy atom. The van der Waals surface area contributed by atoms with Crippen LogP contribution in [0, 0.1) is 0 Å². The van der Waals surface area contributed by atoms with Crippen LogP contribution in [0.5, 0.6) is 0 Å². The van der Waals surface area contributed by atoms with E-state index in [1.54, 1.807) is 0 Å². The van der Waals surface area contributed by atoms with Gasteiger partial charge in [-0.1, -0.05) is 0 Å². The van der Waals surface area contributed by atoms with Crippen molar-refractivity contribution in [1.29, 1.82) is 0 Å². The Balaban J connectivity index is -0.0000000720. The van der Waals surface area contributed by atoms with Crippen molar-refractivity contribution in [3.8, 4) is 0 Å². The first-order chi connectivity index (χ1) is 3.83. The minimum atomic E-state index is 0. The van der Waals surface area contributed by atoms with E-state index in [1.807, 2.05) is 0 Å². The van der Waals surface area contributed by atoms with Crippen molar-refractivity contribution in [2.24, 2.45) is 0 Å². The highest BCUT2D eigenvalue weighted by Gasteiger charge is 1.58. The maximum atomic E-state index is 7.80. The molecule has 0 aliphatic rings. The number of aliphatic hydroxyl groups is 2. The summed E-state index contributed by atoms with van der Waals surface area (Å²) in [5.74, 6) is 1.14. The highest BCUT2D eigenvalue weighted by atomic mass is 32.1. The molecular weight excluding hydrogens is 176 g/mol. The average Bonchev–Trinajstić information content (AvgIpc) is 1.88. The molecule has 2 N–H and O–H groups in total. The van der Waals surface area contributed by atoms with Crippen LogP contribution in [0.3, 0.4) is 0 Å². The molecule has 0 heterocycles. The first kappa shape index (κ1) is 16.5. The Morgan fingerprint density at radius 1 is 0.889 bits per heavy atom. The lowest BCUT2D eigenvalue weighted by Crippen LogP contribution is -1.76. The molecule has 0 rings (SSSR count). The van der Waals surface area contributed by atoms with Crippen LogP contribution in [-0.4, -0.2) is 34.9 Å². The molecule has 2 nitrogen and oxygen atoms in total. The molecule has 60 valence electrons. The minimum absolute atomic E-state index is 0. The SMILES string of the molecule is OCCS.OCCS.S. The van der Waals surface area contributed by atoms with Gasteiger partial charge in [-0.05, 0) is 0 Å². The average molecular weight is 190 g/mol. The van der Waals surface area contributed by atoms with Gasteiger partial charge in [0.05, 0.1) is 13.2 Å². The Morgan fingerprint density at radius 3 is 1.00 bits per heavy atom. The summed E-state index contributed by atoms with van der Waals surface area (Å²) in [6, 6.07) is 0. The van der Waals surface area contributed by atoms with Crippen molar-refractivity contribution in [2.45, 2.75) is 0 Å². The van der Waals surface area contributed by atoms with E-state index in [4.69, 9.17) is 10.2 Å². The smallest absolute Gasteiger partial charge is 0.0519 e. The van der Waals surface area contributed by atoms with Gasteiger partial charge in [0, 0.05) is 11.5 Å². The molecule has 0 saturated carbocycles. The van der Waals surface area contributed by atoms with Crippen LogP contribution < -0.4 is 0 Å². The molecule has 0 fully saturated rings. The Labute approximate surface area is 73.9 Å². The molecular formula is C4H14O2S3. The first-order valence-corrected chi connectivity index (χ1v) is 3.53. The molecule has 0 amide bonds. The lowest BCUT2D eigenvalue weighted by Gasteiger charge is -1.69. The lowest BCUT2D eigenvalue weighted by atomic mass is 10.9. The van der Waals surface area contributed by atoms with Crippen molar-refractivity contribution < 1.29 is 10.2 Å². The van der Waals surface area contributed by atoms with Crippen LogP contribution in [-0.2, 0) is 0 Å². The minimum Gasteiger partial charge on any atom is -0.396 e. The molecule has 9 heavy (non-hydrogen) atoms. The van der Waals surface area contributed by atoms with Gasteiger partial charge in [0.15, 0.2) is 0 Å². The van der Waals surface area contributed by atoms with E-state index >= 15 is 0 Å². The van der Waals surface area contributed by atoms with Gasteiger partial charge in [0.1, 0.15) is 0 Å². The summed E-state index contributed by atoms with van der Waals surface area (Å²) in [6.45, 7) is 0.367. The number of hydrogen-bond donors (Lipinski definition) is 4. The second-order valence-electron chi connectivity index (χ2n) is 0.894. The Kier molecular flexibility index (Phi) is 42.3. The van der Waals surface area contributed by atoms with Gasteiger partial charge < -0.3 is 10.2 Å². The third-order valence-corrected chi connectivity index (χ3v) is 0.600. The molecule has 0 atom stereocenters. The predicted octanol–water partition coefficient (Wildman–Crippen LogP) is -0.0702. The van der Waals surface area contributed by atoms with Crippen molar-refractivity contribution >= 4 is 38.8 Å². The van der Waals surface area contributed by atoms with E-state index in [-0.39, 0.29) is 26.7 Å².